The van der Waals surface area contributed by atoms with E-state index in [-0.39, 0.29) is 47.1 Å². The predicted molar refractivity (Wildman–Crippen MR) is 17.8 cm³/mol. The molecular formula is C2H9NaO3. The Morgan fingerprint density at radius 3 is 1.33 bits per heavy atom. The zero-order valence-corrected chi connectivity index (χ0v) is 6.12. The number of rotatable bonds is 0. The summed E-state index contributed by atoms with van der Waals surface area (Å²) in [6.07, 6.45) is 0. The molecule has 0 aliphatic rings. The average molecular weight is 104 g/mol. The summed E-state index contributed by atoms with van der Waals surface area (Å²) in [6, 6.07) is 0. The summed E-state index contributed by atoms with van der Waals surface area (Å²) in [5.74, 6) is 0. The van der Waals surface area contributed by atoms with E-state index < -0.39 is 0 Å². The van der Waals surface area contributed by atoms with Crippen LogP contribution in [-0.4, -0.2) is 17.6 Å². The van der Waals surface area contributed by atoms with Crippen LogP contribution in [0.5, 0.6) is 0 Å². The van der Waals surface area contributed by atoms with Crippen molar-refractivity contribution in [3.05, 3.63) is 0 Å². The molecule has 0 heterocycles. The fourth-order valence-electron chi connectivity index (χ4n) is 0. The minimum absolute atomic E-state index is 0. The van der Waals surface area contributed by atoms with Crippen LogP contribution in [0.4, 0.5) is 0 Å². The first kappa shape index (κ1) is 28.7. The second kappa shape index (κ2) is 39.6. The molecule has 0 radical (unpaired) electrons. The van der Waals surface area contributed by atoms with Gasteiger partial charge in [-0.2, -0.15) is 0 Å². The van der Waals surface area contributed by atoms with Gasteiger partial charge >= 0.3 is 29.6 Å². The molecule has 0 aliphatic carbocycles. The average Bonchev–Trinajstić information content (AvgIpc) is 0.918. The normalized spacial score (nSPS) is 3.00. The van der Waals surface area contributed by atoms with E-state index in [1.54, 1.807) is 6.92 Å². The van der Waals surface area contributed by atoms with Crippen molar-refractivity contribution in [2.75, 3.05) is 6.61 Å². The molecule has 0 fully saturated rings. The summed E-state index contributed by atoms with van der Waals surface area (Å²) >= 11 is 0. The molecule has 0 bridgehead atoms. The fraction of sp³-hybridized carbons (Fsp3) is 1.00. The van der Waals surface area contributed by atoms with Gasteiger partial charge in [0.2, 0.25) is 0 Å². The smallest absolute Gasteiger partial charge is 0.855 e. The molecule has 0 aliphatic heterocycles. The third-order valence-electron chi connectivity index (χ3n) is 0. The quantitative estimate of drug-likeness (QED) is 0.282. The fourth-order valence-corrected chi connectivity index (χ4v) is 0. The van der Waals surface area contributed by atoms with Gasteiger partial charge in [-0.05, 0) is 0 Å². The maximum Gasteiger partial charge on any atom is 1.00 e. The molecule has 0 saturated carbocycles. The van der Waals surface area contributed by atoms with Crippen LogP contribution in [0.3, 0.4) is 0 Å². The van der Waals surface area contributed by atoms with E-state index in [0.717, 1.165) is 0 Å². The van der Waals surface area contributed by atoms with E-state index in [2.05, 4.69) is 0 Å². The Bertz CT molecular complexity index is 8.75. The number of hydrogen-bond donors (Lipinski definition) is 0. The molecule has 4 heteroatoms. The van der Waals surface area contributed by atoms with E-state index in [9.17, 15) is 0 Å². The maximum atomic E-state index is 8.93. The second-order valence-electron chi connectivity index (χ2n) is 0.289. The van der Waals surface area contributed by atoms with E-state index >= 15 is 0 Å². The molecule has 0 rings (SSSR count). The Hall–Kier alpha value is 0.880. The third-order valence-corrected chi connectivity index (χ3v) is 0. The molecule has 0 amide bonds. The Morgan fingerprint density at radius 1 is 1.33 bits per heavy atom. The van der Waals surface area contributed by atoms with Crippen molar-refractivity contribution < 1.29 is 45.6 Å². The monoisotopic (exact) mass is 104 g/mol. The minimum atomic E-state index is 0. The molecule has 36 valence electrons. The van der Waals surface area contributed by atoms with Gasteiger partial charge in [-0.3, -0.25) is 0 Å². The van der Waals surface area contributed by atoms with Crippen LogP contribution in [0.1, 0.15) is 6.92 Å². The zero-order chi connectivity index (χ0) is 2.71. The van der Waals surface area contributed by atoms with Gasteiger partial charge in [0, 0.05) is 0 Å². The molecule has 3 nitrogen and oxygen atoms in total. The van der Waals surface area contributed by atoms with Gasteiger partial charge in [-0.15, -0.1) is 6.61 Å². The van der Waals surface area contributed by atoms with Crippen molar-refractivity contribution in [3.8, 4) is 0 Å². The molecular weight excluding hydrogens is 95.0 g/mol. The van der Waals surface area contributed by atoms with Crippen molar-refractivity contribution >= 4 is 0 Å². The molecule has 0 aromatic rings. The minimum Gasteiger partial charge on any atom is -0.855 e. The molecule has 0 aromatic heterocycles. The Kier molecular flexibility index (Phi) is 189. The predicted octanol–water partition coefficient (Wildman–Crippen LogP) is -5.28. The molecule has 4 N–H and O–H groups in total. The Labute approximate surface area is 59.3 Å². The summed E-state index contributed by atoms with van der Waals surface area (Å²) in [7, 11) is 0. The van der Waals surface area contributed by atoms with Crippen molar-refractivity contribution in [1.29, 1.82) is 0 Å². The van der Waals surface area contributed by atoms with Crippen LogP contribution < -0.4 is 34.7 Å². The molecule has 0 aromatic carbocycles. The second-order valence-corrected chi connectivity index (χ2v) is 0.289. The standard InChI is InChI=1S/C2H5O.Na.2H2O/c1-2-3;;;/h2H2,1H3;;2*1H2/q-1;+1;;. The van der Waals surface area contributed by atoms with Crippen LogP contribution in [0.2, 0.25) is 0 Å². The Balaban J connectivity index is -0.00000000667. The molecule has 0 saturated heterocycles. The summed E-state index contributed by atoms with van der Waals surface area (Å²) < 4.78 is 0. The summed E-state index contributed by atoms with van der Waals surface area (Å²) in [5, 5.41) is 8.93. The summed E-state index contributed by atoms with van der Waals surface area (Å²) in [4.78, 5) is 0. The van der Waals surface area contributed by atoms with Crippen molar-refractivity contribution in [2.24, 2.45) is 0 Å². The van der Waals surface area contributed by atoms with E-state index in [0.29, 0.717) is 0 Å². The van der Waals surface area contributed by atoms with Crippen LogP contribution >= 0.6 is 0 Å². The number of hydrogen-bond acceptors (Lipinski definition) is 1. The third kappa shape index (κ3) is 94.9. The summed E-state index contributed by atoms with van der Waals surface area (Å²) in [5.41, 5.74) is 0. The van der Waals surface area contributed by atoms with Gasteiger partial charge < -0.3 is 16.1 Å². The van der Waals surface area contributed by atoms with Gasteiger partial charge in [-0.1, -0.05) is 6.92 Å². The van der Waals surface area contributed by atoms with E-state index in [1.807, 2.05) is 0 Å². The molecule has 0 atom stereocenters. The summed E-state index contributed by atoms with van der Waals surface area (Å²) in [6.45, 7) is 1.57. The first-order valence-electron chi connectivity index (χ1n) is 0.996. The van der Waals surface area contributed by atoms with Crippen LogP contribution in [0, 0.1) is 0 Å². The SMILES string of the molecule is CC[O-].O.O.[Na+]. The maximum absolute atomic E-state index is 8.93. The molecule has 6 heavy (non-hydrogen) atoms. The van der Waals surface area contributed by atoms with E-state index in [4.69, 9.17) is 5.11 Å². The first-order chi connectivity index (χ1) is 1.41. The largest absolute Gasteiger partial charge is 1.00 e. The molecule has 0 spiro atoms. The van der Waals surface area contributed by atoms with Crippen LogP contribution in [-0.2, 0) is 0 Å². The van der Waals surface area contributed by atoms with Gasteiger partial charge in [0.1, 0.15) is 0 Å². The molecule has 0 unspecified atom stereocenters. The van der Waals surface area contributed by atoms with Crippen molar-refractivity contribution in [2.45, 2.75) is 6.92 Å². The van der Waals surface area contributed by atoms with Crippen LogP contribution in [0.25, 0.3) is 0 Å². The van der Waals surface area contributed by atoms with Gasteiger partial charge in [0.05, 0.1) is 0 Å². The van der Waals surface area contributed by atoms with Crippen molar-refractivity contribution in [3.63, 3.8) is 0 Å². The van der Waals surface area contributed by atoms with Gasteiger partial charge in [-0.25, -0.2) is 0 Å². The van der Waals surface area contributed by atoms with Gasteiger partial charge in [0.25, 0.3) is 0 Å². The zero-order valence-electron chi connectivity index (χ0n) is 4.12. The van der Waals surface area contributed by atoms with Crippen molar-refractivity contribution in [1.82, 2.24) is 0 Å². The van der Waals surface area contributed by atoms with Gasteiger partial charge in [0.15, 0.2) is 0 Å². The Morgan fingerprint density at radius 2 is 1.33 bits per heavy atom. The first-order valence-corrected chi connectivity index (χ1v) is 0.996. The topological polar surface area (TPSA) is 86.1 Å². The van der Waals surface area contributed by atoms with E-state index in [1.165, 1.54) is 0 Å². The van der Waals surface area contributed by atoms with Crippen LogP contribution in [0.15, 0.2) is 0 Å².